The molecule has 0 saturated heterocycles. The molecule has 3 N–H and O–H groups in total. The average Bonchev–Trinajstić information content (AvgIpc) is 2.99. The van der Waals surface area contributed by atoms with E-state index in [2.05, 4.69) is 65.8 Å². The minimum atomic E-state index is -0.305. The molecular weight excluding hydrogens is 334 g/mol. The summed E-state index contributed by atoms with van der Waals surface area (Å²) in [7, 11) is 0. The second-order valence-electron chi connectivity index (χ2n) is 5.91. The zero-order chi connectivity index (χ0) is 15.7. The van der Waals surface area contributed by atoms with E-state index in [0.29, 0.717) is 6.42 Å². The van der Waals surface area contributed by atoms with E-state index >= 15 is 0 Å². The smallest absolute Gasteiger partial charge is 0.0886 e. The first kappa shape index (κ1) is 18.7. The molecule has 0 spiro atoms. The van der Waals surface area contributed by atoms with Crippen LogP contribution in [0.5, 0.6) is 0 Å². The summed E-state index contributed by atoms with van der Waals surface area (Å²) >= 11 is 0. The van der Waals surface area contributed by atoms with E-state index < -0.39 is 0 Å². The maximum absolute atomic E-state index is 9.53. The summed E-state index contributed by atoms with van der Waals surface area (Å²) in [5.74, 6) is 0. The minimum absolute atomic E-state index is 0. The molecule has 0 amide bonds. The van der Waals surface area contributed by atoms with Crippen LogP contribution in [-0.4, -0.2) is 16.4 Å². The molecule has 3 aromatic carbocycles. The van der Waals surface area contributed by atoms with Crippen LogP contribution in [0.2, 0.25) is 0 Å². The molecule has 1 aliphatic rings. The number of oxime groups is 1. The zero-order valence-corrected chi connectivity index (χ0v) is 14.4. The molecule has 1 aliphatic carbocycles. The van der Waals surface area contributed by atoms with E-state index in [0.717, 1.165) is 11.3 Å². The summed E-state index contributed by atoms with van der Waals surface area (Å²) in [5, 5.41) is 13.1. The number of hydrogen-bond acceptors (Lipinski definition) is 2. The van der Waals surface area contributed by atoms with Crippen LogP contribution in [0.3, 0.4) is 0 Å². The van der Waals surface area contributed by atoms with E-state index in [9.17, 15) is 5.21 Å². The molecule has 0 unspecified atom stereocenters. The Kier molecular flexibility index (Phi) is 5.62. The third kappa shape index (κ3) is 2.82. The van der Waals surface area contributed by atoms with Crippen LogP contribution in [0.4, 0.5) is 0 Å². The lowest BCUT2D eigenvalue weighted by Crippen LogP contribution is -2.26. The molecule has 0 radical (unpaired) electrons. The van der Waals surface area contributed by atoms with Crippen LogP contribution in [0.15, 0.2) is 90.1 Å². The predicted octanol–water partition coefficient (Wildman–Crippen LogP) is 4.20. The monoisotopic (exact) mass is 353 g/mol. The van der Waals surface area contributed by atoms with Crippen LogP contribution < -0.4 is 0 Å². The van der Waals surface area contributed by atoms with Crippen molar-refractivity contribution < 1.29 is 10.7 Å². The van der Waals surface area contributed by atoms with Crippen molar-refractivity contribution in [3.8, 4) is 0 Å². The van der Waals surface area contributed by atoms with Crippen molar-refractivity contribution in [1.82, 2.24) is 0 Å². The maximum atomic E-state index is 9.53. The van der Waals surface area contributed by atoms with Crippen molar-refractivity contribution in [3.63, 3.8) is 0 Å². The summed E-state index contributed by atoms with van der Waals surface area (Å²) < 4.78 is 0. The Hall–Kier alpha value is -2.62. The summed E-state index contributed by atoms with van der Waals surface area (Å²) in [5.41, 5.74) is 5.11. The lowest BCUT2D eigenvalue weighted by molar-refractivity contribution is 0.318. The molecular formula is C21H20ClNO2. The average molecular weight is 354 g/mol. The maximum Gasteiger partial charge on any atom is 0.0886 e. The van der Waals surface area contributed by atoms with Gasteiger partial charge >= 0.3 is 0 Å². The second kappa shape index (κ2) is 7.51. The molecule has 0 aromatic heterocycles. The highest BCUT2D eigenvalue weighted by Gasteiger charge is 2.44. The normalized spacial score (nSPS) is 15.8. The van der Waals surface area contributed by atoms with Crippen LogP contribution in [-0.2, 0) is 5.41 Å². The highest BCUT2D eigenvalue weighted by atomic mass is 35.5. The molecule has 0 saturated carbocycles. The summed E-state index contributed by atoms with van der Waals surface area (Å²) in [6.45, 7) is 0. The van der Waals surface area contributed by atoms with Crippen molar-refractivity contribution >= 4 is 18.1 Å². The van der Waals surface area contributed by atoms with Gasteiger partial charge in [-0.1, -0.05) is 90.1 Å². The van der Waals surface area contributed by atoms with Gasteiger partial charge in [-0.2, -0.15) is 0 Å². The number of hydrogen-bond donors (Lipinski definition) is 1. The summed E-state index contributed by atoms with van der Waals surface area (Å²) in [6, 6.07) is 29.2. The fourth-order valence-electron chi connectivity index (χ4n) is 3.76. The van der Waals surface area contributed by atoms with Gasteiger partial charge < -0.3 is 10.7 Å². The number of nitrogens with zero attached hydrogens (tertiary/aromatic N) is 1. The fraction of sp³-hybridized carbons (Fsp3) is 0.0952. The zero-order valence-electron chi connectivity index (χ0n) is 13.6. The Morgan fingerprint density at radius 1 is 0.720 bits per heavy atom. The fourth-order valence-corrected chi connectivity index (χ4v) is 3.76. The van der Waals surface area contributed by atoms with Crippen molar-refractivity contribution in [2.75, 3.05) is 0 Å². The first-order chi connectivity index (χ1) is 11.4. The highest BCUT2D eigenvalue weighted by molar-refractivity contribution is 6.07. The van der Waals surface area contributed by atoms with E-state index in [1.165, 1.54) is 16.7 Å². The van der Waals surface area contributed by atoms with E-state index in [4.69, 9.17) is 0 Å². The molecule has 0 aliphatic heterocycles. The van der Waals surface area contributed by atoms with Gasteiger partial charge in [-0.3, -0.25) is 0 Å². The van der Waals surface area contributed by atoms with Gasteiger partial charge in [-0.05, 0) is 16.7 Å². The highest BCUT2D eigenvalue weighted by Crippen LogP contribution is 2.48. The number of fused-ring (bicyclic) bond motifs is 1. The van der Waals surface area contributed by atoms with E-state index in [-0.39, 0.29) is 23.3 Å². The van der Waals surface area contributed by atoms with Crippen molar-refractivity contribution in [2.24, 2.45) is 5.16 Å². The Labute approximate surface area is 153 Å². The van der Waals surface area contributed by atoms with Crippen molar-refractivity contribution in [2.45, 2.75) is 11.8 Å². The van der Waals surface area contributed by atoms with E-state index in [1.807, 2.05) is 24.3 Å². The third-order valence-electron chi connectivity index (χ3n) is 4.78. The van der Waals surface area contributed by atoms with Gasteiger partial charge in [0.05, 0.1) is 11.1 Å². The molecule has 0 heterocycles. The molecule has 0 atom stereocenters. The number of benzene rings is 3. The Morgan fingerprint density at radius 2 is 1.20 bits per heavy atom. The van der Waals surface area contributed by atoms with Gasteiger partial charge in [0.2, 0.25) is 0 Å². The quantitative estimate of drug-likeness (QED) is 0.544. The SMILES string of the molecule is Cl.O.ON=C1CC(c2ccccc2)(c2ccccc2)c2ccccc21. The van der Waals surface area contributed by atoms with Gasteiger partial charge in [0.1, 0.15) is 0 Å². The predicted molar refractivity (Wildman–Crippen MR) is 103 cm³/mol. The molecule has 0 fully saturated rings. The lowest BCUT2D eigenvalue weighted by atomic mass is 9.70. The molecule has 4 heteroatoms. The largest absolute Gasteiger partial charge is 0.412 e. The third-order valence-corrected chi connectivity index (χ3v) is 4.78. The molecule has 3 aromatic rings. The topological polar surface area (TPSA) is 64.1 Å². The van der Waals surface area contributed by atoms with Gasteiger partial charge in [0.25, 0.3) is 0 Å². The number of rotatable bonds is 2. The Balaban J connectivity index is 0.00000113. The Bertz CT molecular complexity index is 824. The standard InChI is InChI=1S/C21H17NO.ClH.H2O/c23-22-20-15-21(16-9-3-1-4-10-16,17-11-5-2-6-12-17)19-14-8-7-13-18(19)20;;/h1-14,23H,15H2;1H;1H2. The molecule has 25 heavy (non-hydrogen) atoms. The van der Waals surface area contributed by atoms with Crippen LogP contribution in [0, 0.1) is 0 Å². The Morgan fingerprint density at radius 3 is 1.72 bits per heavy atom. The molecule has 128 valence electrons. The van der Waals surface area contributed by atoms with Gasteiger partial charge in [0, 0.05) is 12.0 Å². The first-order valence-corrected chi connectivity index (χ1v) is 7.78. The van der Waals surface area contributed by atoms with Crippen LogP contribution in [0.25, 0.3) is 0 Å². The van der Waals surface area contributed by atoms with E-state index in [1.54, 1.807) is 0 Å². The molecule has 4 rings (SSSR count). The van der Waals surface area contributed by atoms with Crippen LogP contribution in [0.1, 0.15) is 28.7 Å². The summed E-state index contributed by atoms with van der Waals surface area (Å²) in [6.07, 6.45) is 0.664. The van der Waals surface area contributed by atoms with Crippen LogP contribution >= 0.6 is 12.4 Å². The van der Waals surface area contributed by atoms with Crippen molar-refractivity contribution in [3.05, 3.63) is 107 Å². The molecule has 3 nitrogen and oxygen atoms in total. The molecule has 0 bridgehead atoms. The summed E-state index contributed by atoms with van der Waals surface area (Å²) in [4.78, 5) is 0. The van der Waals surface area contributed by atoms with Gasteiger partial charge in [0.15, 0.2) is 0 Å². The second-order valence-corrected chi connectivity index (χ2v) is 5.91. The first-order valence-electron chi connectivity index (χ1n) is 7.78. The van der Waals surface area contributed by atoms with Gasteiger partial charge in [-0.25, -0.2) is 0 Å². The lowest BCUT2D eigenvalue weighted by Gasteiger charge is -2.31. The minimum Gasteiger partial charge on any atom is -0.412 e. The number of halogens is 1. The van der Waals surface area contributed by atoms with Gasteiger partial charge in [-0.15, -0.1) is 12.4 Å². The van der Waals surface area contributed by atoms with Crippen molar-refractivity contribution in [1.29, 1.82) is 0 Å².